The first kappa shape index (κ1) is 30.8. The van der Waals surface area contributed by atoms with E-state index >= 15 is 0 Å². The molecule has 0 radical (unpaired) electrons. The van der Waals surface area contributed by atoms with E-state index in [1.165, 1.54) is 0 Å². The highest BCUT2D eigenvalue weighted by molar-refractivity contribution is 7.02. The molecule has 0 N–H and O–H groups in total. The Morgan fingerprint density at radius 3 is 1.41 bits per heavy atom. The standard InChI is InChI=1S/C26H38O7Si4/c1-9-25(27)29-21-34(3,4)31-36(7,8)33-37(23-17-13-11-14-18-23,24-19-15-12-16-20-24)32-35(5,6)22-30-26(28)10-2/h9-20H,1-2,21-22H2,3-8H3. The van der Waals surface area contributed by atoms with Crippen molar-refractivity contribution in [2.75, 3.05) is 12.5 Å². The maximum absolute atomic E-state index is 11.8. The molecule has 0 fully saturated rings. The van der Waals surface area contributed by atoms with Crippen molar-refractivity contribution in [1.29, 1.82) is 0 Å². The molecule has 0 saturated carbocycles. The van der Waals surface area contributed by atoms with Crippen LogP contribution in [0.4, 0.5) is 0 Å². The van der Waals surface area contributed by atoms with E-state index in [0.29, 0.717) is 0 Å². The minimum Gasteiger partial charge on any atom is -0.463 e. The minimum atomic E-state index is -3.37. The molecule has 11 heteroatoms. The van der Waals surface area contributed by atoms with Gasteiger partial charge in [0.2, 0.25) is 16.6 Å². The fourth-order valence-corrected chi connectivity index (χ4v) is 21.0. The second-order valence-electron chi connectivity index (χ2n) is 10.2. The number of ether oxygens (including phenoxy) is 2. The molecule has 37 heavy (non-hydrogen) atoms. The van der Waals surface area contributed by atoms with E-state index in [-0.39, 0.29) is 12.5 Å². The summed E-state index contributed by atoms with van der Waals surface area (Å²) in [6.07, 6.45) is 2.62. The third kappa shape index (κ3) is 9.45. The van der Waals surface area contributed by atoms with Crippen LogP contribution in [0, 0.1) is 0 Å². The summed E-state index contributed by atoms with van der Waals surface area (Å²) in [7, 11) is -11.4. The molecule has 0 saturated heterocycles. The van der Waals surface area contributed by atoms with Gasteiger partial charge in [-0.05, 0) is 49.7 Å². The monoisotopic (exact) mass is 574 g/mol. The van der Waals surface area contributed by atoms with Crippen molar-refractivity contribution in [2.24, 2.45) is 0 Å². The van der Waals surface area contributed by atoms with Gasteiger partial charge in [-0.1, -0.05) is 73.8 Å². The third-order valence-electron chi connectivity index (χ3n) is 5.10. The van der Waals surface area contributed by atoms with Crippen molar-refractivity contribution in [1.82, 2.24) is 0 Å². The Morgan fingerprint density at radius 1 is 0.649 bits per heavy atom. The fourth-order valence-electron chi connectivity index (χ4n) is 3.83. The van der Waals surface area contributed by atoms with Crippen molar-refractivity contribution >= 4 is 56.1 Å². The number of carbonyl (C=O) groups is 2. The zero-order valence-corrected chi connectivity index (χ0v) is 26.6. The summed E-state index contributed by atoms with van der Waals surface area (Å²) < 4.78 is 31.6. The molecule has 0 bridgehead atoms. The lowest BCUT2D eigenvalue weighted by atomic mass is 10.4. The average Bonchev–Trinajstić information content (AvgIpc) is 2.85. The molecule has 0 amide bonds. The van der Waals surface area contributed by atoms with Gasteiger partial charge in [0.05, 0.1) is 0 Å². The third-order valence-corrected chi connectivity index (χ3v) is 19.6. The Bertz CT molecular complexity index is 1030. The quantitative estimate of drug-likeness (QED) is 0.192. The van der Waals surface area contributed by atoms with Crippen LogP contribution in [-0.2, 0) is 31.4 Å². The summed E-state index contributed by atoms with van der Waals surface area (Å²) in [5.41, 5.74) is 0. The summed E-state index contributed by atoms with van der Waals surface area (Å²) in [6, 6.07) is 19.8. The molecule has 0 aliphatic heterocycles. The molecule has 0 aromatic heterocycles. The van der Waals surface area contributed by atoms with E-state index in [1.54, 1.807) is 0 Å². The first-order valence-electron chi connectivity index (χ1n) is 12.0. The lowest BCUT2D eigenvalue weighted by Gasteiger charge is -2.44. The second kappa shape index (κ2) is 12.9. The van der Waals surface area contributed by atoms with Gasteiger partial charge in [-0.3, -0.25) is 0 Å². The maximum atomic E-state index is 11.8. The molecule has 0 atom stereocenters. The first-order chi connectivity index (χ1) is 17.2. The number of carbonyl (C=O) groups excluding carboxylic acids is 2. The topological polar surface area (TPSA) is 80.3 Å². The zero-order valence-electron chi connectivity index (χ0n) is 22.6. The molecule has 0 aliphatic rings. The average molecular weight is 575 g/mol. The zero-order chi connectivity index (χ0) is 27.7. The van der Waals surface area contributed by atoms with Crippen molar-refractivity contribution in [3.63, 3.8) is 0 Å². The Balaban J connectivity index is 2.54. The summed E-state index contributed by atoms with van der Waals surface area (Å²) in [5, 5.41) is 1.86. The van der Waals surface area contributed by atoms with E-state index in [2.05, 4.69) is 13.2 Å². The number of rotatable bonds is 14. The molecule has 0 spiro atoms. The van der Waals surface area contributed by atoms with Gasteiger partial charge in [-0.15, -0.1) is 0 Å². The molecular weight excluding hydrogens is 537 g/mol. The van der Waals surface area contributed by atoms with Crippen LogP contribution in [-0.4, -0.2) is 58.2 Å². The van der Waals surface area contributed by atoms with Crippen LogP contribution in [0.3, 0.4) is 0 Å². The van der Waals surface area contributed by atoms with Crippen molar-refractivity contribution in [3.05, 3.63) is 86.0 Å². The van der Waals surface area contributed by atoms with E-state index in [0.717, 1.165) is 22.5 Å². The Morgan fingerprint density at radius 2 is 1.03 bits per heavy atom. The lowest BCUT2D eigenvalue weighted by molar-refractivity contribution is -0.137. The lowest BCUT2D eigenvalue weighted by Crippen LogP contribution is -2.72. The van der Waals surface area contributed by atoms with Gasteiger partial charge in [0.25, 0.3) is 0 Å². The van der Waals surface area contributed by atoms with Crippen molar-refractivity contribution < 1.29 is 31.4 Å². The van der Waals surface area contributed by atoms with E-state index in [4.69, 9.17) is 21.8 Å². The normalized spacial score (nSPS) is 12.5. The van der Waals surface area contributed by atoms with Gasteiger partial charge in [0.1, 0.15) is 12.5 Å². The van der Waals surface area contributed by atoms with Gasteiger partial charge >= 0.3 is 29.1 Å². The van der Waals surface area contributed by atoms with E-state index in [1.807, 2.05) is 99.9 Å². The minimum absolute atomic E-state index is 0.149. The molecule has 0 heterocycles. The van der Waals surface area contributed by atoms with Crippen LogP contribution in [0.15, 0.2) is 86.0 Å². The van der Waals surface area contributed by atoms with Gasteiger partial charge in [-0.2, -0.15) is 0 Å². The predicted molar refractivity (Wildman–Crippen MR) is 156 cm³/mol. The molecule has 200 valence electrons. The molecule has 2 rings (SSSR count). The van der Waals surface area contributed by atoms with E-state index < -0.39 is 45.7 Å². The SMILES string of the molecule is C=CC(=O)OC[Si](C)(C)O[Si](C)(C)O[Si](O[Si](C)(C)COC(=O)C=C)(c1ccccc1)c1ccccc1. The van der Waals surface area contributed by atoms with Gasteiger partial charge in [0.15, 0.2) is 0 Å². The maximum Gasteiger partial charge on any atom is 0.388 e. The summed E-state index contributed by atoms with van der Waals surface area (Å²) in [6.45, 7) is 18.9. The van der Waals surface area contributed by atoms with Gasteiger partial charge < -0.3 is 21.8 Å². The number of esters is 2. The Hall–Kier alpha value is -2.39. The van der Waals surface area contributed by atoms with Crippen LogP contribution < -0.4 is 10.4 Å². The summed E-state index contributed by atoms with van der Waals surface area (Å²) >= 11 is 0. The molecular formula is C26H38O7Si4. The van der Waals surface area contributed by atoms with Crippen LogP contribution in [0.1, 0.15) is 0 Å². The Labute approximate surface area is 224 Å². The van der Waals surface area contributed by atoms with Crippen LogP contribution in [0.5, 0.6) is 0 Å². The fraction of sp³-hybridized carbons (Fsp3) is 0.308. The molecule has 2 aromatic carbocycles. The van der Waals surface area contributed by atoms with Crippen molar-refractivity contribution in [3.8, 4) is 0 Å². The Kier molecular flexibility index (Phi) is 10.8. The van der Waals surface area contributed by atoms with Crippen LogP contribution in [0.2, 0.25) is 39.3 Å². The van der Waals surface area contributed by atoms with Crippen LogP contribution >= 0.6 is 0 Å². The number of benzene rings is 2. The first-order valence-corrected chi connectivity index (χ1v) is 22.9. The molecule has 7 nitrogen and oxygen atoms in total. The van der Waals surface area contributed by atoms with Gasteiger partial charge in [-0.25, -0.2) is 9.59 Å². The largest absolute Gasteiger partial charge is 0.463 e. The summed E-state index contributed by atoms with van der Waals surface area (Å²) in [5.74, 6) is -0.969. The molecule has 0 unspecified atom stereocenters. The highest BCUT2D eigenvalue weighted by atomic mass is 28.5. The van der Waals surface area contributed by atoms with Gasteiger partial charge in [0, 0.05) is 12.2 Å². The number of hydrogen-bond donors (Lipinski definition) is 0. The molecule has 2 aromatic rings. The van der Waals surface area contributed by atoms with E-state index in [9.17, 15) is 9.59 Å². The highest BCUT2D eigenvalue weighted by Gasteiger charge is 2.52. The smallest absolute Gasteiger partial charge is 0.388 e. The predicted octanol–water partition coefficient (Wildman–Crippen LogP) is 3.94. The second-order valence-corrected chi connectivity index (χ2v) is 25.5. The van der Waals surface area contributed by atoms with Crippen LogP contribution in [0.25, 0.3) is 0 Å². The van der Waals surface area contributed by atoms with Crippen molar-refractivity contribution in [2.45, 2.75) is 39.3 Å². The molecule has 0 aliphatic carbocycles. The summed E-state index contributed by atoms with van der Waals surface area (Å²) in [4.78, 5) is 23.5. The number of hydrogen-bond acceptors (Lipinski definition) is 7. The highest BCUT2D eigenvalue weighted by Crippen LogP contribution is 2.25.